The van der Waals surface area contributed by atoms with Crippen LogP contribution in [0.5, 0.6) is 0 Å². The maximum absolute atomic E-state index is 5.68. The first-order chi connectivity index (χ1) is 14.0. The summed E-state index contributed by atoms with van der Waals surface area (Å²) in [7, 11) is 0. The fraction of sp³-hybridized carbons (Fsp3) is 0. The molecule has 2 aromatic heterocycles. The lowest BCUT2D eigenvalue weighted by Crippen LogP contribution is -2.21. The van der Waals surface area contributed by atoms with E-state index in [0.717, 1.165) is 22.4 Å². The largest absolute Gasteiger partial charge is 0.455 e. The Bertz CT molecular complexity index is 1070. The molecule has 10 heteroatoms. The molecule has 0 fully saturated rings. The third-order valence-corrected chi connectivity index (χ3v) is 3.62. The lowest BCUT2D eigenvalue weighted by molar-refractivity contribution is 0.574. The fourth-order valence-electron chi connectivity index (χ4n) is 2.34. The van der Waals surface area contributed by atoms with E-state index >= 15 is 0 Å². The molecule has 0 saturated heterocycles. The highest BCUT2D eigenvalue weighted by Crippen LogP contribution is 2.24. The standard InChI is InChI=1S/C19H19N9O/c20-18(21)27-25-9-12-1-3-13(4-2-12)16-7-5-14(10-24-16)17-8-6-15(29-17)11-26-28-19(22)23/h1-11H,(H4,20,21,27)(H4,22,23,28)/b25-9+,26-11+. The molecule has 10 nitrogen and oxygen atoms in total. The Kier molecular flexibility index (Phi) is 5.96. The fourth-order valence-corrected chi connectivity index (χ4v) is 2.34. The highest BCUT2D eigenvalue weighted by Gasteiger charge is 2.06. The number of nitrogens with two attached hydrogens (primary N) is 4. The smallest absolute Gasteiger partial charge is 0.211 e. The number of hydrogen-bond donors (Lipinski definition) is 4. The lowest BCUT2D eigenvalue weighted by atomic mass is 10.1. The van der Waals surface area contributed by atoms with Crippen LogP contribution in [0.1, 0.15) is 11.3 Å². The average molecular weight is 389 g/mol. The van der Waals surface area contributed by atoms with E-state index in [9.17, 15) is 0 Å². The molecule has 0 amide bonds. The summed E-state index contributed by atoms with van der Waals surface area (Å²) in [6.45, 7) is 0. The van der Waals surface area contributed by atoms with Crippen LogP contribution in [0.2, 0.25) is 0 Å². The Hall–Kier alpha value is -4.47. The van der Waals surface area contributed by atoms with E-state index in [-0.39, 0.29) is 11.9 Å². The van der Waals surface area contributed by atoms with Crippen LogP contribution in [0.4, 0.5) is 0 Å². The third kappa shape index (κ3) is 5.50. The Morgan fingerprint density at radius 1 is 0.759 bits per heavy atom. The second kappa shape index (κ2) is 8.95. The van der Waals surface area contributed by atoms with Crippen LogP contribution < -0.4 is 22.9 Å². The molecule has 0 aliphatic carbocycles. The minimum absolute atomic E-state index is 0.0908. The van der Waals surface area contributed by atoms with Gasteiger partial charge >= 0.3 is 0 Å². The average Bonchev–Trinajstić information content (AvgIpc) is 3.17. The van der Waals surface area contributed by atoms with Crippen molar-refractivity contribution in [2.45, 2.75) is 0 Å². The van der Waals surface area contributed by atoms with Gasteiger partial charge in [-0.25, -0.2) is 0 Å². The zero-order valence-electron chi connectivity index (χ0n) is 15.3. The topological polar surface area (TPSA) is 180 Å². The van der Waals surface area contributed by atoms with E-state index in [2.05, 4.69) is 25.4 Å². The van der Waals surface area contributed by atoms with Crippen LogP contribution in [0.25, 0.3) is 22.6 Å². The molecule has 2 heterocycles. The van der Waals surface area contributed by atoms with Gasteiger partial charge in [0.2, 0.25) is 11.9 Å². The minimum Gasteiger partial charge on any atom is -0.455 e. The maximum Gasteiger partial charge on any atom is 0.211 e. The van der Waals surface area contributed by atoms with Crippen LogP contribution in [0, 0.1) is 0 Å². The molecule has 0 aliphatic heterocycles. The Morgan fingerprint density at radius 2 is 1.41 bits per heavy atom. The number of nitrogens with zero attached hydrogens (tertiary/aromatic N) is 5. The van der Waals surface area contributed by atoms with Crippen LogP contribution in [0.3, 0.4) is 0 Å². The van der Waals surface area contributed by atoms with Gasteiger partial charge < -0.3 is 27.4 Å². The monoisotopic (exact) mass is 389 g/mol. The Balaban J connectivity index is 1.71. The molecular weight excluding hydrogens is 370 g/mol. The first kappa shape index (κ1) is 19.3. The zero-order chi connectivity index (χ0) is 20.6. The summed E-state index contributed by atoms with van der Waals surface area (Å²) in [4.78, 5) is 4.50. The predicted octanol–water partition coefficient (Wildman–Crippen LogP) is 1.22. The number of pyridine rings is 1. The van der Waals surface area contributed by atoms with E-state index in [1.807, 2.05) is 42.5 Å². The normalized spacial score (nSPS) is 11.0. The van der Waals surface area contributed by atoms with Crippen LogP contribution in [0.15, 0.2) is 79.6 Å². The molecule has 8 N–H and O–H groups in total. The van der Waals surface area contributed by atoms with Crippen molar-refractivity contribution in [3.8, 4) is 22.6 Å². The molecule has 146 valence electrons. The molecule has 0 atom stereocenters. The van der Waals surface area contributed by atoms with E-state index in [1.165, 1.54) is 6.21 Å². The van der Waals surface area contributed by atoms with Crippen molar-refractivity contribution in [1.82, 2.24) is 4.98 Å². The summed E-state index contributed by atoms with van der Waals surface area (Å²) in [6, 6.07) is 15.1. The van der Waals surface area contributed by atoms with Crippen molar-refractivity contribution in [2.75, 3.05) is 0 Å². The Labute approximate surface area is 166 Å². The summed E-state index contributed by atoms with van der Waals surface area (Å²) in [6.07, 6.45) is 4.72. The van der Waals surface area contributed by atoms with Gasteiger partial charge in [-0.05, 0) is 29.8 Å². The number of guanidine groups is 2. The number of aromatic nitrogens is 1. The van der Waals surface area contributed by atoms with Gasteiger partial charge in [-0.2, -0.15) is 10.2 Å². The van der Waals surface area contributed by atoms with Crippen molar-refractivity contribution >= 4 is 24.3 Å². The predicted molar refractivity (Wildman–Crippen MR) is 114 cm³/mol. The van der Waals surface area contributed by atoms with Crippen molar-refractivity contribution < 1.29 is 4.42 Å². The maximum atomic E-state index is 5.68. The van der Waals surface area contributed by atoms with Crippen molar-refractivity contribution in [2.24, 2.45) is 43.3 Å². The number of furan rings is 1. The van der Waals surface area contributed by atoms with Crippen LogP contribution >= 0.6 is 0 Å². The molecule has 1 aromatic carbocycles. The van der Waals surface area contributed by atoms with Crippen molar-refractivity contribution in [1.29, 1.82) is 0 Å². The van der Waals surface area contributed by atoms with Gasteiger partial charge in [0.15, 0.2) is 0 Å². The van der Waals surface area contributed by atoms with E-state index in [4.69, 9.17) is 27.4 Å². The molecule has 0 aliphatic rings. The summed E-state index contributed by atoms with van der Waals surface area (Å²) in [5.41, 5.74) is 24.3. The van der Waals surface area contributed by atoms with E-state index in [0.29, 0.717) is 11.5 Å². The van der Waals surface area contributed by atoms with Crippen LogP contribution in [-0.4, -0.2) is 29.3 Å². The quantitative estimate of drug-likeness (QED) is 0.279. The molecule has 3 rings (SSSR count). The molecule has 0 unspecified atom stereocenters. The van der Waals surface area contributed by atoms with E-state index < -0.39 is 0 Å². The van der Waals surface area contributed by atoms with Gasteiger partial charge in [-0.15, -0.1) is 10.2 Å². The zero-order valence-corrected chi connectivity index (χ0v) is 15.3. The number of rotatable bonds is 6. The molecule has 29 heavy (non-hydrogen) atoms. The highest BCUT2D eigenvalue weighted by atomic mass is 16.3. The third-order valence-electron chi connectivity index (χ3n) is 3.62. The molecular formula is C19H19N9O. The van der Waals surface area contributed by atoms with Crippen LogP contribution in [-0.2, 0) is 0 Å². The van der Waals surface area contributed by atoms with Gasteiger partial charge in [-0.3, -0.25) is 4.98 Å². The van der Waals surface area contributed by atoms with Crippen molar-refractivity contribution in [3.05, 3.63) is 66.1 Å². The molecule has 3 aromatic rings. The Morgan fingerprint density at radius 3 is 2.03 bits per heavy atom. The van der Waals surface area contributed by atoms with Gasteiger partial charge in [0.1, 0.15) is 11.5 Å². The van der Waals surface area contributed by atoms with Gasteiger partial charge in [0.05, 0.1) is 18.1 Å². The lowest BCUT2D eigenvalue weighted by Gasteiger charge is -2.03. The summed E-state index contributed by atoms with van der Waals surface area (Å²) in [5.74, 6) is 0.960. The first-order valence-electron chi connectivity index (χ1n) is 8.42. The molecule has 0 saturated carbocycles. The highest BCUT2D eigenvalue weighted by molar-refractivity contribution is 5.82. The van der Waals surface area contributed by atoms with Gasteiger partial charge in [0.25, 0.3) is 0 Å². The number of hydrogen-bond acceptors (Lipinski definition) is 6. The molecule has 0 bridgehead atoms. The van der Waals surface area contributed by atoms with Gasteiger partial charge in [0, 0.05) is 17.3 Å². The molecule has 0 radical (unpaired) electrons. The second-order valence-electron chi connectivity index (χ2n) is 5.80. The van der Waals surface area contributed by atoms with E-state index in [1.54, 1.807) is 18.5 Å². The second-order valence-corrected chi connectivity index (χ2v) is 5.80. The minimum atomic E-state index is -0.123. The molecule has 0 spiro atoms. The summed E-state index contributed by atoms with van der Waals surface area (Å²) in [5, 5.41) is 14.6. The SMILES string of the molecule is NC(N)=N/N=C/c1ccc(-c2ccc(-c3ccc(/C=N/N=C(N)N)o3)cn2)cc1. The summed E-state index contributed by atoms with van der Waals surface area (Å²) < 4.78 is 5.68. The van der Waals surface area contributed by atoms with Gasteiger partial charge in [-0.1, -0.05) is 24.3 Å². The van der Waals surface area contributed by atoms with Crippen molar-refractivity contribution in [3.63, 3.8) is 0 Å². The number of benzene rings is 1. The summed E-state index contributed by atoms with van der Waals surface area (Å²) >= 11 is 0. The first-order valence-corrected chi connectivity index (χ1v) is 8.42.